The SMILES string of the molecule is Cc1ccc(C)c(NC(=O)C(C)Br)c1. The molecule has 76 valence electrons. The molecule has 1 unspecified atom stereocenters. The zero-order chi connectivity index (χ0) is 10.7. The first-order valence-electron chi connectivity index (χ1n) is 4.53. The number of alkyl halides is 1. The third kappa shape index (κ3) is 2.84. The number of carbonyl (C=O) groups is 1. The Morgan fingerprint density at radius 3 is 2.64 bits per heavy atom. The highest BCUT2D eigenvalue weighted by Crippen LogP contribution is 2.17. The van der Waals surface area contributed by atoms with Crippen LogP contribution in [-0.2, 0) is 4.79 Å². The van der Waals surface area contributed by atoms with Gasteiger partial charge >= 0.3 is 0 Å². The maximum atomic E-state index is 11.4. The molecule has 0 aromatic heterocycles. The fraction of sp³-hybridized carbons (Fsp3) is 0.364. The Bertz CT molecular complexity index is 347. The van der Waals surface area contributed by atoms with Crippen molar-refractivity contribution in [1.82, 2.24) is 0 Å². The lowest BCUT2D eigenvalue weighted by Crippen LogP contribution is -2.20. The monoisotopic (exact) mass is 255 g/mol. The molecule has 1 atom stereocenters. The standard InChI is InChI=1S/C11H14BrNO/c1-7-4-5-8(2)10(6-7)13-11(14)9(3)12/h4-6,9H,1-3H3,(H,13,14). The molecule has 0 aliphatic carbocycles. The molecular formula is C11H14BrNO. The summed E-state index contributed by atoms with van der Waals surface area (Å²) in [7, 11) is 0. The highest BCUT2D eigenvalue weighted by molar-refractivity contribution is 9.10. The van der Waals surface area contributed by atoms with Crippen LogP contribution >= 0.6 is 15.9 Å². The third-order valence-electron chi connectivity index (χ3n) is 2.01. The van der Waals surface area contributed by atoms with E-state index in [0.717, 1.165) is 16.8 Å². The number of halogens is 1. The van der Waals surface area contributed by atoms with Crippen LogP contribution in [0.5, 0.6) is 0 Å². The minimum Gasteiger partial charge on any atom is -0.325 e. The summed E-state index contributed by atoms with van der Waals surface area (Å²) in [5.41, 5.74) is 3.12. The lowest BCUT2D eigenvalue weighted by atomic mass is 10.1. The first-order valence-corrected chi connectivity index (χ1v) is 5.44. The Kier molecular flexibility index (Phi) is 3.69. The Hall–Kier alpha value is -0.830. The third-order valence-corrected chi connectivity index (χ3v) is 2.43. The summed E-state index contributed by atoms with van der Waals surface area (Å²) < 4.78 is 0. The molecule has 1 aromatic rings. The van der Waals surface area contributed by atoms with E-state index in [1.807, 2.05) is 32.0 Å². The number of hydrogen-bond donors (Lipinski definition) is 1. The number of carbonyl (C=O) groups excluding carboxylic acids is 1. The first-order chi connectivity index (χ1) is 6.50. The summed E-state index contributed by atoms with van der Waals surface area (Å²) in [6, 6.07) is 6.01. The molecule has 0 heterocycles. The van der Waals surface area contributed by atoms with E-state index >= 15 is 0 Å². The van der Waals surface area contributed by atoms with E-state index in [4.69, 9.17) is 0 Å². The molecule has 14 heavy (non-hydrogen) atoms. The molecule has 1 rings (SSSR count). The summed E-state index contributed by atoms with van der Waals surface area (Å²) in [5, 5.41) is 2.86. The fourth-order valence-electron chi connectivity index (χ4n) is 1.10. The molecule has 0 radical (unpaired) electrons. The summed E-state index contributed by atoms with van der Waals surface area (Å²) in [6.07, 6.45) is 0. The number of benzene rings is 1. The normalized spacial score (nSPS) is 12.3. The average Bonchev–Trinajstić information content (AvgIpc) is 2.11. The second kappa shape index (κ2) is 4.60. The van der Waals surface area contributed by atoms with Crippen LogP contribution in [0.3, 0.4) is 0 Å². The van der Waals surface area contributed by atoms with Crippen molar-refractivity contribution in [2.75, 3.05) is 5.32 Å². The van der Waals surface area contributed by atoms with Gasteiger partial charge in [-0.25, -0.2) is 0 Å². The van der Waals surface area contributed by atoms with Crippen LogP contribution in [-0.4, -0.2) is 10.7 Å². The average molecular weight is 256 g/mol. The topological polar surface area (TPSA) is 29.1 Å². The van der Waals surface area contributed by atoms with Crippen LogP contribution in [0.4, 0.5) is 5.69 Å². The van der Waals surface area contributed by atoms with Crippen molar-refractivity contribution in [2.45, 2.75) is 25.6 Å². The number of hydrogen-bond acceptors (Lipinski definition) is 1. The van der Waals surface area contributed by atoms with Gasteiger partial charge in [0.2, 0.25) is 5.91 Å². The van der Waals surface area contributed by atoms with Gasteiger partial charge in [0.05, 0.1) is 4.83 Å². The molecule has 2 nitrogen and oxygen atoms in total. The maximum absolute atomic E-state index is 11.4. The molecule has 0 bridgehead atoms. The molecule has 0 spiro atoms. The molecule has 0 aliphatic rings. The predicted molar refractivity (Wildman–Crippen MR) is 62.9 cm³/mol. The van der Waals surface area contributed by atoms with Crippen LogP contribution in [0.2, 0.25) is 0 Å². The molecule has 1 amide bonds. The van der Waals surface area contributed by atoms with Gasteiger partial charge in [0.15, 0.2) is 0 Å². The predicted octanol–water partition coefficient (Wildman–Crippen LogP) is 3.03. The van der Waals surface area contributed by atoms with Crippen LogP contribution in [0, 0.1) is 13.8 Å². The Morgan fingerprint density at radius 1 is 1.43 bits per heavy atom. The lowest BCUT2D eigenvalue weighted by Gasteiger charge is -2.10. The van der Waals surface area contributed by atoms with Gasteiger partial charge in [-0.2, -0.15) is 0 Å². The molecule has 3 heteroatoms. The number of amides is 1. The minimum atomic E-state index is -0.164. The molecule has 0 aliphatic heterocycles. The largest absolute Gasteiger partial charge is 0.325 e. The van der Waals surface area contributed by atoms with E-state index in [2.05, 4.69) is 21.2 Å². The van der Waals surface area contributed by atoms with E-state index in [0.29, 0.717) is 0 Å². The molecular weight excluding hydrogens is 242 g/mol. The summed E-state index contributed by atoms with van der Waals surface area (Å²) >= 11 is 3.23. The van der Waals surface area contributed by atoms with Crippen LogP contribution in [0.1, 0.15) is 18.1 Å². The van der Waals surface area contributed by atoms with Crippen LogP contribution in [0.15, 0.2) is 18.2 Å². The maximum Gasteiger partial charge on any atom is 0.237 e. The molecule has 0 fully saturated rings. The van der Waals surface area contributed by atoms with E-state index in [9.17, 15) is 4.79 Å². The van der Waals surface area contributed by atoms with Crippen molar-refractivity contribution in [2.24, 2.45) is 0 Å². The zero-order valence-electron chi connectivity index (χ0n) is 8.60. The van der Waals surface area contributed by atoms with Gasteiger partial charge in [0.1, 0.15) is 0 Å². The van der Waals surface area contributed by atoms with Gasteiger partial charge in [-0.1, -0.05) is 28.1 Å². The first kappa shape index (κ1) is 11.2. The second-order valence-corrected chi connectivity index (χ2v) is 4.80. The van der Waals surface area contributed by atoms with Gasteiger partial charge in [0, 0.05) is 5.69 Å². The summed E-state index contributed by atoms with van der Waals surface area (Å²) in [4.78, 5) is 11.3. The van der Waals surface area contributed by atoms with Gasteiger partial charge < -0.3 is 5.32 Å². The number of nitrogens with one attached hydrogen (secondary N) is 1. The van der Waals surface area contributed by atoms with E-state index in [1.165, 1.54) is 0 Å². The van der Waals surface area contributed by atoms with Crippen molar-refractivity contribution in [1.29, 1.82) is 0 Å². The van der Waals surface area contributed by atoms with Crippen LogP contribution < -0.4 is 5.32 Å². The molecule has 0 saturated carbocycles. The van der Waals surface area contributed by atoms with Crippen LogP contribution in [0.25, 0.3) is 0 Å². The molecule has 1 N–H and O–H groups in total. The van der Waals surface area contributed by atoms with Gasteiger partial charge in [-0.15, -0.1) is 0 Å². The van der Waals surface area contributed by atoms with Gasteiger partial charge in [0.25, 0.3) is 0 Å². The quantitative estimate of drug-likeness (QED) is 0.809. The van der Waals surface area contributed by atoms with Gasteiger partial charge in [-0.3, -0.25) is 4.79 Å². The molecule has 0 saturated heterocycles. The molecule has 1 aromatic carbocycles. The minimum absolute atomic E-state index is 0.0151. The number of aryl methyl sites for hydroxylation is 2. The highest BCUT2D eigenvalue weighted by Gasteiger charge is 2.09. The Balaban J connectivity index is 2.86. The van der Waals surface area contributed by atoms with Crippen molar-refractivity contribution in [3.8, 4) is 0 Å². The fourth-order valence-corrected chi connectivity index (χ4v) is 1.22. The highest BCUT2D eigenvalue weighted by atomic mass is 79.9. The Labute approximate surface area is 92.8 Å². The lowest BCUT2D eigenvalue weighted by molar-refractivity contribution is -0.115. The van der Waals surface area contributed by atoms with E-state index < -0.39 is 0 Å². The van der Waals surface area contributed by atoms with Gasteiger partial charge in [-0.05, 0) is 38.0 Å². The number of rotatable bonds is 2. The summed E-state index contributed by atoms with van der Waals surface area (Å²) in [6.45, 7) is 5.79. The van der Waals surface area contributed by atoms with Crippen molar-refractivity contribution >= 4 is 27.5 Å². The smallest absolute Gasteiger partial charge is 0.237 e. The van der Waals surface area contributed by atoms with Crippen molar-refractivity contribution in [3.63, 3.8) is 0 Å². The zero-order valence-corrected chi connectivity index (χ0v) is 10.2. The summed E-state index contributed by atoms with van der Waals surface area (Å²) in [5.74, 6) is -0.0151. The second-order valence-electron chi connectivity index (χ2n) is 3.42. The van der Waals surface area contributed by atoms with Crippen molar-refractivity contribution < 1.29 is 4.79 Å². The number of anilines is 1. The van der Waals surface area contributed by atoms with E-state index in [-0.39, 0.29) is 10.7 Å². The Morgan fingerprint density at radius 2 is 2.07 bits per heavy atom. The van der Waals surface area contributed by atoms with Crippen molar-refractivity contribution in [3.05, 3.63) is 29.3 Å². The van der Waals surface area contributed by atoms with E-state index in [1.54, 1.807) is 6.92 Å².